The van der Waals surface area contributed by atoms with Crippen molar-refractivity contribution in [3.8, 4) is 0 Å². The second-order valence-corrected chi connectivity index (χ2v) is 6.16. The van der Waals surface area contributed by atoms with Crippen molar-refractivity contribution in [2.24, 2.45) is 0 Å². The van der Waals surface area contributed by atoms with Gasteiger partial charge in [0.15, 0.2) is 0 Å². The van der Waals surface area contributed by atoms with Gasteiger partial charge in [0.1, 0.15) is 5.54 Å². The average molecular weight is 296 g/mol. The molecule has 1 N–H and O–H groups in total. The van der Waals surface area contributed by atoms with Crippen LogP contribution < -0.4 is 10.2 Å². The van der Waals surface area contributed by atoms with Gasteiger partial charge >= 0.3 is 0 Å². The Balaban J connectivity index is 2.33. The highest BCUT2D eigenvalue weighted by Gasteiger charge is 2.41. The molecule has 0 saturated carbocycles. The van der Waals surface area contributed by atoms with Crippen LogP contribution in [0.2, 0.25) is 5.02 Å². The van der Waals surface area contributed by atoms with Gasteiger partial charge in [-0.25, -0.2) is 0 Å². The van der Waals surface area contributed by atoms with E-state index < -0.39 is 5.54 Å². The minimum atomic E-state index is -0.568. The number of anilines is 1. The maximum Gasteiger partial charge on any atom is 0.247 e. The molecule has 2 rings (SSSR count). The van der Waals surface area contributed by atoms with Crippen molar-refractivity contribution in [1.29, 1.82) is 0 Å². The van der Waals surface area contributed by atoms with Crippen molar-refractivity contribution < 1.29 is 4.79 Å². The Morgan fingerprint density at radius 1 is 1.35 bits per heavy atom. The third kappa shape index (κ3) is 2.63. The Morgan fingerprint density at radius 2 is 2.05 bits per heavy atom. The molecule has 1 aliphatic heterocycles. The minimum Gasteiger partial charge on any atom is -0.355 e. The summed E-state index contributed by atoms with van der Waals surface area (Å²) in [7, 11) is 3.75. The number of benzene rings is 1. The molecule has 1 aromatic carbocycles. The molecular formula is C15H22ClN3O. The monoisotopic (exact) mass is 295 g/mol. The third-order valence-corrected chi connectivity index (χ3v) is 4.19. The van der Waals surface area contributed by atoms with Gasteiger partial charge < -0.3 is 15.1 Å². The molecule has 110 valence electrons. The zero-order valence-corrected chi connectivity index (χ0v) is 13.3. The first-order valence-electron chi connectivity index (χ1n) is 6.84. The van der Waals surface area contributed by atoms with E-state index in [0.29, 0.717) is 5.02 Å². The molecule has 1 saturated heterocycles. The Kier molecular flexibility index (Phi) is 4.25. The number of piperazine rings is 1. The quantitative estimate of drug-likeness (QED) is 0.928. The van der Waals surface area contributed by atoms with Crippen LogP contribution in [0.25, 0.3) is 0 Å². The van der Waals surface area contributed by atoms with Crippen molar-refractivity contribution in [3.05, 3.63) is 28.8 Å². The molecule has 1 heterocycles. The average Bonchev–Trinajstić information content (AvgIpc) is 2.38. The van der Waals surface area contributed by atoms with Gasteiger partial charge in [-0.3, -0.25) is 4.79 Å². The summed E-state index contributed by atoms with van der Waals surface area (Å²) in [5.74, 6) is 0.124. The van der Waals surface area contributed by atoms with Crippen molar-refractivity contribution in [3.63, 3.8) is 0 Å². The van der Waals surface area contributed by atoms with E-state index in [4.69, 9.17) is 11.6 Å². The summed E-state index contributed by atoms with van der Waals surface area (Å²) in [4.78, 5) is 16.2. The molecule has 0 atom stereocenters. The number of halogens is 1. The number of hydrogen-bond donors (Lipinski definition) is 1. The molecule has 20 heavy (non-hydrogen) atoms. The SMILES string of the molecule is CNCc1ccc(N2CCN(C)C(=O)C2(C)C)c(Cl)c1. The van der Waals surface area contributed by atoms with E-state index in [1.54, 1.807) is 4.90 Å². The van der Waals surface area contributed by atoms with Gasteiger partial charge in [0, 0.05) is 26.7 Å². The van der Waals surface area contributed by atoms with E-state index in [2.05, 4.69) is 16.3 Å². The normalized spacial score (nSPS) is 18.6. The molecule has 0 radical (unpaired) electrons. The standard InChI is InChI=1S/C15H22ClN3O/c1-15(2)14(20)18(4)7-8-19(15)13-6-5-11(10-17-3)9-12(13)16/h5-6,9,17H,7-8,10H2,1-4H3. The van der Waals surface area contributed by atoms with Crippen LogP contribution in [-0.4, -0.2) is 43.5 Å². The second kappa shape index (κ2) is 5.62. The summed E-state index contributed by atoms with van der Waals surface area (Å²) >= 11 is 6.42. The van der Waals surface area contributed by atoms with E-state index >= 15 is 0 Å². The highest BCUT2D eigenvalue weighted by Crippen LogP contribution is 2.34. The zero-order chi connectivity index (χ0) is 14.9. The fourth-order valence-electron chi connectivity index (χ4n) is 2.72. The lowest BCUT2D eigenvalue weighted by Gasteiger charge is -2.46. The lowest BCUT2D eigenvalue weighted by Crippen LogP contribution is -2.62. The summed E-state index contributed by atoms with van der Waals surface area (Å²) in [6, 6.07) is 6.03. The molecule has 4 nitrogen and oxygen atoms in total. The van der Waals surface area contributed by atoms with Gasteiger partial charge in [-0.05, 0) is 38.6 Å². The number of rotatable bonds is 3. The largest absolute Gasteiger partial charge is 0.355 e. The van der Waals surface area contributed by atoms with E-state index in [0.717, 1.165) is 30.9 Å². The predicted octanol–water partition coefficient (Wildman–Crippen LogP) is 2.12. The number of hydrogen-bond acceptors (Lipinski definition) is 3. The van der Waals surface area contributed by atoms with Crippen molar-refractivity contribution in [2.45, 2.75) is 25.9 Å². The summed E-state index contributed by atoms with van der Waals surface area (Å²) in [6.07, 6.45) is 0. The molecule has 0 bridgehead atoms. The predicted molar refractivity (Wildman–Crippen MR) is 83.3 cm³/mol. The molecule has 5 heteroatoms. The van der Waals surface area contributed by atoms with Gasteiger partial charge in [0.25, 0.3) is 0 Å². The molecule has 1 aliphatic rings. The smallest absolute Gasteiger partial charge is 0.247 e. The number of nitrogens with one attached hydrogen (secondary N) is 1. The molecule has 1 fully saturated rings. The maximum absolute atomic E-state index is 12.3. The highest BCUT2D eigenvalue weighted by molar-refractivity contribution is 6.33. The first-order valence-corrected chi connectivity index (χ1v) is 7.22. The lowest BCUT2D eigenvalue weighted by atomic mass is 9.96. The molecule has 0 unspecified atom stereocenters. The van der Waals surface area contributed by atoms with Crippen LogP contribution in [0.3, 0.4) is 0 Å². The van der Waals surface area contributed by atoms with Crippen LogP contribution in [0.4, 0.5) is 5.69 Å². The first kappa shape index (κ1) is 15.1. The topological polar surface area (TPSA) is 35.6 Å². The van der Waals surface area contributed by atoms with Crippen molar-refractivity contribution >= 4 is 23.2 Å². The van der Waals surface area contributed by atoms with Gasteiger partial charge in [-0.15, -0.1) is 0 Å². The Labute approximate surface area is 125 Å². The van der Waals surface area contributed by atoms with Crippen molar-refractivity contribution in [2.75, 3.05) is 32.1 Å². The highest BCUT2D eigenvalue weighted by atomic mass is 35.5. The fourth-order valence-corrected chi connectivity index (χ4v) is 3.02. The van der Waals surface area contributed by atoms with E-state index in [1.165, 1.54) is 0 Å². The Bertz CT molecular complexity index is 516. The molecule has 1 amide bonds. The first-order chi connectivity index (χ1) is 9.37. The molecular weight excluding hydrogens is 274 g/mol. The Hall–Kier alpha value is -1.26. The van der Waals surface area contributed by atoms with Crippen LogP contribution in [0, 0.1) is 0 Å². The van der Waals surface area contributed by atoms with Gasteiger partial charge in [0.2, 0.25) is 5.91 Å². The van der Waals surface area contributed by atoms with Crippen LogP contribution in [0.15, 0.2) is 18.2 Å². The second-order valence-electron chi connectivity index (χ2n) is 5.75. The number of nitrogens with zero attached hydrogens (tertiary/aromatic N) is 2. The van der Waals surface area contributed by atoms with Crippen molar-refractivity contribution in [1.82, 2.24) is 10.2 Å². The number of carbonyl (C=O) groups excluding carboxylic acids is 1. The minimum absolute atomic E-state index is 0.124. The van der Waals surface area contributed by atoms with Gasteiger partial charge in [-0.2, -0.15) is 0 Å². The third-order valence-electron chi connectivity index (χ3n) is 3.89. The summed E-state index contributed by atoms with van der Waals surface area (Å²) in [5, 5.41) is 3.80. The molecule has 0 aromatic heterocycles. The van der Waals surface area contributed by atoms with Crippen LogP contribution in [-0.2, 0) is 11.3 Å². The summed E-state index contributed by atoms with van der Waals surface area (Å²) < 4.78 is 0. The number of carbonyl (C=O) groups is 1. The number of likely N-dealkylation sites (N-methyl/N-ethyl adjacent to an activating group) is 1. The fraction of sp³-hybridized carbons (Fsp3) is 0.533. The zero-order valence-electron chi connectivity index (χ0n) is 12.5. The summed E-state index contributed by atoms with van der Waals surface area (Å²) in [6.45, 7) is 6.19. The lowest BCUT2D eigenvalue weighted by molar-refractivity contribution is -0.136. The molecule has 0 spiro atoms. The van der Waals surface area contributed by atoms with E-state index in [1.807, 2.05) is 40.1 Å². The van der Waals surface area contributed by atoms with E-state index in [9.17, 15) is 4.79 Å². The Morgan fingerprint density at radius 3 is 2.65 bits per heavy atom. The summed E-state index contributed by atoms with van der Waals surface area (Å²) in [5.41, 5.74) is 1.50. The van der Waals surface area contributed by atoms with Crippen LogP contribution in [0.1, 0.15) is 19.4 Å². The van der Waals surface area contributed by atoms with Gasteiger partial charge in [0.05, 0.1) is 10.7 Å². The molecule has 1 aromatic rings. The molecule has 0 aliphatic carbocycles. The van der Waals surface area contributed by atoms with Crippen LogP contribution in [0.5, 0.6) is 0 Å². The maximum atomic E-state index is 12.3. The van der Waals surface area contributed by atoms with E-state index in [-0.39, 0.29) is 5.91 Å². The van der Waals surface area contributed by atoms with Gasteiger partial charge in [-0.1, -0.05) is 17.7 Å². The van der Waals surface area contributed by atoms with Crippen LogP contribution >= 0.6 is 11.6 Å². The number of amides is 1.